The zero-order valence-corrected chi connectivity index (χ0v) is 10.1. The van der Waals surface area contributed by atoms with E-state index in [-0.39, 0.29) is 11.9 Å². The molecule has 1 unspecified atom stereocenters. The van der Waals surface area contributed by atoms with Gasteiger partial charge >= 0.3 is 0 Å². The first-order chi connectivity index (χ1) is 9.33. The van der Waals surface area contributed by atoms with Gasteiger partial charge in [-0.2, -0.15) is 4.99 Å². The topological polar surface area (TPSA) is 50.7 Å². The van der Waals surface area contributed by atoms with Crippen LogP contribution in [0.1, 0.15) is 11.7 Å². The molecule has 1 heterocycles. The van der Waals surface area contributed by atoms with Crippen molar-refractivity contribution in [3.63, 3.8) is 0 Å². The average molecular weight is 252 g/mol. The lowest BCUT2D eigenvalue weighted by atomic mass is 10.1. The number of amidine groups is 1. The lowest BCUT2D eigenvalue weighted by Gasteiger charge is -2.06. The van der Waals surface area contributed by atoms with Crippen molar-refractivity contribution in [3.8, 4) is 0 Å². The standard InChI is InChI=1S/C15H12N2O2/c18-14-13(11-7-3-1-4-8-11)19-15(17-14)16-12-9-5-2-6-10-12/h1-10,13H,(H,16,17,18). The van der Waals surface area contributed by atoms with Crippen LogP contribution in [0.25, 0.3) is 0 Å². The lowest BCUT2D eigenvalue weighted by molar-refractivity contribution is -0.123. The average Bonchev–Trinajstić information content (AvgIpc) is 2.82. The molecule has 1 aliphatic rings. The number of amides is 1. The smallest absolute Gasteiger partial charge is 0.297 e. The van der Waals surface area contributed by atoms with Crippen molar-refractivity contribution in [2.45, 2.75) is 6.10 Å². The number of hydrogen-bond acceptors (Lipinski definition) is 3. The van der Waals surface area contributed by atoms with Gasteiger partial charge in [-0.25, -0.2) is 0 Å². The van der Waals surface area contributed by atoms with E-state index in [0.717, 1.165) is 11.3 Å². The Bertz CT molecular complexity index is 609. The van der Waals surface area contributed by atoms with Gasteiger partial charge in [-0.15, -0.1) is 0 Å². The molecule has 19 heavy (non-hydrogen) atoms. The van der Waals surface area contributed by atoms with Crippen molar-refractivity contribution in [2.24, 2.45) is 4.99 Å². The number of aliphatic imine (C=N–C) groups is 1. The van der Waals surface area contributed by atoms with Gasteiger partial charge in [0.1, 0.15) is 0 Å². The van der Waals surface area contributed by atoms with Gasteiger partial charge in [0.15, 0.2) is 0 Å². The maximum atomic E-state index is 11.9. The minimum atomic E-state index is -0.622. The molecule has 94 valence electrons. The molecule has 0 radical (unpaired) electrons. The van der Waals surface area contributed by atoms with Crippen LogP contribution >= 0.6 is 0 Å². The van der Waals surface area contributed by atoms with Crippen molar-refractivity contribution in [3.05, 3.63) is 66.2 Å². The summed E-state index contributed by atoms with van der Waals surface area (Å²) in [6.07, 6.45) is -0.622. The van der Waals surface area contributed by atoms with E-state index in [4.69, 9.17) is 4.74 Å². The molecule has 3 rings (SSSR count). The second-order valence-corrected chi connectivity index (χ2v) is 4.15. The summed E-state index contributed by atoms with van der Waals surface area (Å²) in [7, 11) is 0. The number of para-hydroxylation sites is 1. The Labute approximate surface area is 110 Å². The molecular weight excluding hydrogens is 240 g/mol. The molecule has 4 nitrogen and oxygen atoms in total. The summed E-state index contributed by atoms with van der Waals surface area (Å²) in [5, 5.41) is 2.64. The zero-order chi connectivity index (χ0) is 13.1. The fourth-order valence-electron chi connectivity index (χ4n) is 1.89. The van der Waals surface area contributed by atoms with Gasteiger partial charge in [-0.1, -0.05) is 48.5 Å². The maximum Gasteiger partial charge on any atom is 0.297 e. The van der Waals surface area contributed by atoms with E-state index in [1.807, 2.05) is 60.7 Å². The SMILES string of the molecule is O=C1NC(=Nc2ccccc2)OC1c1ccccc1. The molecule has 1 fully saturated rings. The van der Waals surface area contributed by atoms with Crippen LogP contribution < -0.4 is 5.32 Å². The van der Waals surface area contributed by atoms with Crippen molar-refractivity contribution in [1.82, 2.24) is 5.32 Å². The van der Waals surface area contributed by atoms with Crippen LogP contribution in [0.15, 0.2) is 65.7 Å². The predicted molar refractivity (Wildman–Crippen MR) is 71.9 cm³/mol. The molecule has 2 aromatic carbocycles. The fourth-order valence-corrected chi connectivity index (χ4v) is 1.89. The third-order valence-electron chi connectivity index (χ3n) is 2.79. The van der Waals surface area contributed by atoms with Crippen LogP contribution in [-0.2, 0) is 9.53 Å². The quantitative estimate of drug-likeness (QED) is 0.893. The zero-order valence-electron chi connectivity index (χ0n) is 10.1. The van der Waals surface area contributed by atoms with Gasteiger partial charge in [0.05, 0.1) is 5.69 Å². The Morgan fingerprint density at radius 1 is 0.947 bits per heavy atom. The van der Waals surface area contributed by atoms with Crippen molar-refractivity contribution in [2.75, 3.05) is 0 Å². The fraction of sp³-hybridized carbons (Fsp3) is 0.0667. The van der Waals surface area contributed by atoms with Gasteiger partial charge in [-0.3, -0.25) is 10.1 Å². The third-order valence-corrected chi connectivity index (χ3v) is 2.79. The van der Waals surface area contributed by atoms with Crippen LogP contribution in [0.5, 0.6) is 0 Å². The highest BCUT2D eigenvalue weighted by atomic mass is 16.5. The van der Waals surface area contributed by atoms with Gasteiger partial charge in [0, 0.05) is 5.56 Å². The summed E-state index contributed by atoms with van der Waals surface area (Å²) in [4.78, 5) is 16.1. The highest BCUT2D eigenvalue weighted by Crippen LogP contribution is 2.23. The molecular formula is C15H12N2O2. The van der Waals surface area contributed by atoms with Crippen LogP contribution in [0.4, 0.5) is 5.69 Å². The predicted octanol–water partition coefficient (Wildman–Crippen LogP) is 2.56. The van der Waals surface area contributed by atoms with E-state index in [9.17, 15) is 4.79 Å². The molecule has 0 saturated carbocycles. The number of nitrogens with one attached hydrogen (secondary N) is 1. The minimum absolute atomic E-state index is 0.194. The number of carbonyl (C=O) groups excluding carboxylic acids is 1. The normalized spacial score (nSPS) is 20.1. The highest BCUT2D eigenvalue weighted by molar-refractivity contribution is 6.03. The van der Waals surface area contributed by atoms with Crippen molar-refractivity contribution < 1.29 is 9.53 Å². The summed E-state index contributed by atoms with van der Waals surface area (Å²) in [5.41, 5.74) is 1.56. The molecule has 2 aromatic rings. The van der Waals surface area contributed by atoms with Crippen molar-refractivity contribution >= 4 is 17.6 Å². The highest BCUT2D eigenvalue weighted by Gasteiger charge is 2.32. The molecule has 4 heteroatoms. The van der Waals surface area contributed by atoms with Gasteiger partial charge in [0.2, 0.25) is 6.10 Å². The monoisotopic (exact) mass is 252 g/mol. The van der Waals surface area contributed by atoms with E-state index in [1.165, 1.54) is 0 Å². The van der Waals surface area contributed by atoms with Crippen LogP contribution in [0.2, 0.25) is 0 Å². The van der Waals surface area contributed by atoms with Gasteiger partial charge in [-0.05, 0) is 12.1 Å². The van der Waals surface area contributed by atoms with Gasteiger partial charge in [0.25, 0.3) is 11.9 Å². The summed E-state index contributed by atoms with van der Waals surface area (Å²) in [5.74, 6) is -0.194. The lowest BCUT2D eigenvalue weighted by Crippen LogP contribution is -2.21. The largest absolute Gasteiger partial charge is 0.446 e. The number of carbonyl (C=O) groups is 1. The van der Waals surface area contributed by atoms with E-state index in [0.29, 0.717) is 0 Å². The Morgan fingerprint density at radius 3 is 2.26 bits per heavy atom. The Morgan fingerprint density at radius 2 is 1.58 bits per heavy atom. The second-order valence-electron chi connectivity index (χ2n) is 4.15. The first-order valence-electron chi connectivity index (χ1n) is 5.99. The van der Waals surface area contributed by atoms with E-state index in [2.05, 4.69) is 10.3 Å². The Balaban J connectivity index is 1.83. The number of hydrogen-bond donors (Lipinski definition) is 1. The summed E-state index contributed by atoms with van der Waals surface area (Å²) in [6.45, 7) is 0. The third kappa shape index (κ3) is 2.47. The first kappa shape index (κ1) is 11.5. The molecule has 1 atom stereocenters. The van der Waals surface area contributed by atoms with Crippen LogP contribution in [-0.4, -0.2) is 11.9 Å². The number of nitrogens with zero attached hydrogens (tertiary/aromatic N) is 1. The minimum Gasteiger partial charge on any atom is -0.446 e. The van der Waals surface area contributed by atoms with E-state index in [1.54, 1.807) is 0 Å². The number of benzene rings is 2. The van der Waals surface area contributed by atoms with E-state index < -0.39 is 6.10 Å². The number of ether oxygens (including phenoxy) is 1. The molecule has 0 aromatic heterocycles. The molecule has 0 bridgehead atoms. The molecule has 1 N–H and O–H groups in total. The molecule has 0 spiro atoms. The second kappa shape index (κ2) is 4.94. The van der Waals surface area contributed by atoms with Crippen molar-refractivity contribution in [1.29, 1.82) is 0 Å². The van der Waals surface area contributed by atoms with Crippen LogP contribution in [0, 0.1) is 0 Å². The number of rotatable bonds is 2. The van der Waals surface area contributed by atoms with E-state index >= 15 is 0 Å². The van der Waals surface area contributed by atoms with Crippen LogP contribution in [0.3, 0.4) is 0 Å². The molecule has 1 aliphatic heterocycles. The molecule has 1 amide bonds. The van der Waals surface area contributed by atoms with Gasteiger partial charge < -0.3 is 4.74 Å². The Hall–Kier alpha value is -2.62. The summed E-state index contributed by atoms with van der Waals surface area (Å²) in [6, 6.07) is 19.0. The summed E-state index contributed by atoms with van der Waals surface area (Å²) < 4.78 is 5.55. The first-order valence-corrected chi connectivity index (χ1v) is 5.99. The summed E-state index contributed by atoms with van der Waals surface area (Å²) >= 11 is 0. The Kier molecular flexibility index (Phi) is 2.98. The molecule has 0 aliphatic carbocycles. The maximum absolute atomic E-state index is 11.9. The molecule has 1 saturated heterocycles.